The molecule has 0 bridgehead atoms. The van der Waals surface area contributed by atoms with Crippen molar-refractivity contribution in [2.45, 2.75) is 13.3 Å². The van der Waals surface area contributed by atoms with E-state index < -0.39 is 5.97 Å². The van der Waals surface area contributed by atoms with Gasteiger partial charge < -0.3 is 15.0 Å². The summed E-state index contributed by atoms with van der Waals surface area (Å²) in [6.45, 7) is 2.24. The number of amides is 1. The molecule has 0 aliphatic carbocycles. The molecule has 5 heteroatoms. The molecule has 92 valence electrons. The molecule has 0 fully saturated rings. The molecule has 1 aromatic carbocycles. The summed E-state index contributed by atoms with van der Waals surface area (Å²) < 4.78 is 0. The fourth-order valence-electron chi connectivity index (χ4n) is 2.46. The predicted octanol–water partition coefficient (Wildman–Crippen LogP) is 1.78. The van der Waals surface area contributed by atoms with Crippen molar-refractivity contribution in [2.24, 2.45) is 0 Å². The Bertz CT molecular complexity index is 672. The third-order valence-corrected chi connectivity index (χ3v) is 3.33. The number of nitrogens with one attached hydrogen (secondary N) is 1. The van der Waals surface area contributed by atoms with Crippen molar-refractivity contribution in [3.8, 4) is 0 Å². The van der Waals surface area contributed by atoms with Crippen molar-refractivity contribution in [2.75, 3.05) is 11.4 Å². The Hall–Kier alpha value is -2.30. The summed E-state index contributed by atoms with van der Waals surface area (Å²) in [5.41, 5.74) is 2.89. The second-order valence-electron chi connectivity index (χ2n) is 4.48. The first-order valence-corrected chi connectivity index (χ1v) is 5.73. The first-order valence-electron chi connectivity index (χ1n) is 5.73. The normalized spacial score (nSPS) is 13.9. The highest BCUT2D eigenvalue weighted by atomic mass is 16.4. The summed E-state index contributed by atoms with van der Waals surface area (Å²) in [6, 6.07) is 5.43. The Balaban J connectivity index is 2.17. The summed E-state index contributed by atoms with van der Waals surface area (Å²) in [5.74, 6) is -0.965. The molecule has 0 spiro atoms. The largest absolute Gasteiger partial charge is 0.477 e. The molecule has 0 unspecified atom stereocenters. The lowest BCUT2D eigenvalue weighted by Gasteiger charge is -2.14. The number of carboxylic acids is 1. The van der Waals surface area contributed by atoms with E-state index in [4.69, 9.17) is 5.11 Å². The number of aromatic amines is 1. The lowest BCUT2D eigenvalue weighted by molar-refractivity contribution is -0.116. The van der Waals surface area contributed by atoms with Gasteiger partial charge in [0.15, 0.2) is 0 Å². The van der Waals surface area contributed by atoms with Crippen LogP contribution in [0.2, 0.25) is 0 Å². The third kappa shape index (κ3) is 1.48. The Morgan fingerprint density at radius 1 is 1.33 bits per heavy atom. The molecule has 1 aliphatic heterocycles. The van der Waals surface area contributed by atoms with Crippen molar-refractivity contribution in [1.29, 1.82) is 0 Å². The number of aromatic nitrogens is 1. The van der Waals surface area contributed by atoms with Crippen LogP contribution in [0.15, 0.2) is 18.2 Å². The summed E-state index contributed by atoms with van der Waals surface area (Å²) in [4.78, 5) is 26.9. The van der Waals surface area contributed by atoms with E-state index in [1.807, 2.05) is 12.1 Å². The van der Waals surface area contributed by atoms with Gasteiger partial charge in [0.1, 0.15) is 5.69 Å². The number of carbonyl (C=O) groups is 2. The van der Waals surface area contributed by atoms with Crippen molar-refractivity contribution in [3.05, 3.63) is 29.5 Å². The van der Waals surface area contributed by atoms with Gasteiger partial charge in [-0.25, -0.2) is 4.79 Å². The van der Waals surface area contributed by atoms with E-state index in [1.165, 1.54) is 6.92 Å². The minimum atomic E-state index is -0.977. The quantitative estimate of drug-likeness (QED) is 0.803. The first kappa shape index (κ1) is 10.8. The number of benzene rings is 1. The second kappa shape index (κ2) is 3.60. The Morgan fingerprint density at radius 2 is 2.11 bits per heavy atom. The van der Waals surface area contributed by atoms with Gasteiger partial charge in [-0.1, -0.05) is 0 Å². The van der Waals surface area contributed by atoms with Crippen molar-refractivity contribution in [3.63, 3.8) is 0 Å². The van der Waals surface area contributed by atoms with E-state index in [0.717, 1.165) is 28.6 Å². The fraction of sp³-hybridized carbons (Fsp3) is 0.231. The topological polar surface area (TPSA) is 73.4 Å². The van der Waals surface area contributed by atoms with Crippen LogP contribution in [0.3, 0.4) is 0 Å². The molecule has 2 N–H and O–H groups in total. The van der Waals surface area contributed by atoms with Gasteiger partial charge in [-0.15, -0.1) is 0 Å². The average molecular weight is 244 g/mol. The zero-order valence-electron chi connectivity index (χ0n) is 9.86. The van der Waals surface area contributed by atoms with Gasteiger partial charge in [0.05, 0.1) is 0 Å². The Morgan fingerprint density at radius 3 is 2.78 bits per heavy atom. The molecule has 1 aromatic heterocycles. The van der Waals surface area contributed by atoms with Gasteiger partial charge in [0.2, 0.25) is 5.91 Å². The second-order valence-corrected chi connectivity index (χ2v) is 4.48. The number of hydrogen-bond acceptors (Lipinski definition) is 2. The van der Waals surface area contributed by atoms with E-state index in [2.05, 4.69) is 4.98 Å². The molecule has 0 radical (unpaired) electrons. The maximum absolute atomic E-state index is 11.5. The van der Waals surface area contributed by atoms with Gasteiger partial charge >= 0.3 is 5.97 Å². The van der Waals surface area contributed by atoms with Crippen LogP contribution in [0.4, 0.5) is 5.69 Å². The molecule has 2 heterocycles. The highest BCUT2D eigenvalue weighted by molar-refractivity contribution is 5.99. The number of aromatic carboxylic acids is 1. The summed E-state index contributed by atoms with van der Waals surface area (Å²) in [7, 11) is 0. The highest BCUT2D eigenvalue weighted by Gasteiger charge is 2.23. The van der Waals surface area contributed by atoms with Gasteiger partial charge in [0.25, 0.3) is 0 Å². The first-order chi connectivity index (χ1) is 8.56. The molecule has 0 saturated carbocycles. The van der Waals surface area contributed by atoms with E-state index in [-0.39, 0.29) is 11.6 Å². The number of fused-ring (bicyclic) bond motifs is 2. The molecule has 1 aliphatic rings. The molecular formula is C13H12N2O3. The van der Waals surface area contributed by atoms with E-state index >= 15 is 0 Å². The van der Waals surface area contributed by atoms with Crippen LogP contribution in [0.5, 0.6) is 0 Å². The molecule has 1 amide bonds. The van der Waals surface area contributed by atoms with Crippen molar-refractivity contribution < 1.29 is 14.7 Å². The number of carbonyl (C=O) groups excluding carboxylic acids is 1. The summed E-state index contributed by atoms with van der Waals surface area (Å²) >= 11 is 0. The van der Waals surface area contributed by atoms with Crippen LogP contribution < -0.4 is 4.90 Å². The maximum atomic E-state index is 11.5. The Kier molecular flexibility index (Phi) is 2.16. The van der Waals surface area contributed by atoms with Crippen molar-refractivity contribution >= 4 is 28.5 Å². The smallest absolute Gasteiger partial charge is 0.352 e. The molecule has 0 atom stereocenters. The van der Waals surface area contributed by atoms with E-state index in [9.17, 15) is 9.59 Å². The van der Waals surface area contributed by atoms with E-state index in [1.54, 1.807) is 11.0 Å². The number of H-pyrrole nitrogens is 1. The minimum Gasteiger partial charge on any atom is -0.477 e. The maximum Gasteiger partial charge on any atom is 0.352 e. The minimum absolute atomic E-state index is 0.0121. The molecule has 5 nitrogen and oxygen atoms in total. The Labute approximate surface area is 103 Å². The standard InChI is InChI=1S/C13H12N2O3/c1-7(16)15-3-2-8-4-9-5-11(13(17)18)14-10(9)6-12(8)15/h4-6,14H,2-3H2,1H3,(H,17,18). The lowest BCUT2D eigenvalue weighted by Crippen LogP contribution is -2.25. The van der Waals surface area contributed by atoms with Gasteiger partial charge in [-0.05, 0) is 30.2 Å². The fourth-order valence-corrected chi connectivity index (χ4v) is 2.46. The van der Waals surface area contributed by atoms with Crippen LogP contribution in [0, 0.1) is 0 Å². The van der Waals surface area contributed by atoms with Crippen LogP contribution in [0.1, 0.15) is 23.0 Å². The van der Waals surface area contributed by atoms with Crippen LogP contribution in [-0.2, 0) is 11.2 Å². The number of carboxylic acid groups (broad SMARTS) is 1. The zero-order chi connectivity index (χ0) is 12.9. The van der Waals surface area contributed by atoms with Crippen LogP contribution in [-0.4, -0.2) is 28.5 Å². The SMILES string of the molecule is CC(=O)N1CCc2cc3cc(C(=O)O)[nH]c3cc21. The predicted molar refractivity (Wildman–Crippen MR) is 67.0 cm³/mol. The number of nitrogens with zero attached hydrogens (tertiary/aromatic N) is 1. The molecule has 18 heavy (non-hydrogen) atoms. The van der Waals surface area contributed by atoms with Gasteiger partial charge in [-0.2, -0.15) is 0 Å². The summed E-state index contributed by atoms with van der Waals surface area (Å²) in [5, 5.41) is 9.81. The molecule has 0 saturated heterocycles. The lowest BCUT2D eigenvalue weighted by atomic mass is 10.1. The van der Waals surface area contributed by atoms with Gasteiger partial charge in [0, 0.05) is 30.1 Å². The van der Waals surface area contributed by atoms with Crippen LogP contribution in [0.25, 0.3) is 10.9 Å². The molecule has 2 aromatic rings. The van der Waals surface area contributed by atoms with E-state index in [0.29, 0.717) is 6.54 Å². The monoisotopic (exact) mass is 244 g/mol. The van der Waals surface area contributed by atoms with Gasteiger partial charge in [-0.3, -0.25) is 4.79 Å². The third-order valence-electron chi connectivity index (χ3n) is 3.33. The van der Waals surface area contributed by atoms with Crippen LogP contribution >= 0.6 is 0 Å². The summed E-state index contributed by atoms with van der Waals surface area (Å²) in [6.07, 6.45) is 0.818. The average Bonchev–Trinajstić information content (AvgIpc) is 2.87. The number of anilines is 1. The zero-order valence-corrected chi connectivity index (χ0v) is 9.86. The molecule has 3 rings (SSSR count). The highest BCUT2D eigenvalue weighted by Crippen LogP contribution is 2.32. The molecular weight excluding hydrogens is 232 g/mol. The number of rotatable bonds is 1. The van der Waals surface area contributed by atoms with Crippen molar-refractivity contribution in [1.82, 2.24) is 4.98 Å². The number of hydrogen-bond donors (Lipinski definition) is 2.